The smallest absolute Gasteiger partial charge is 0.357 e. The third-order valence-corrected chi connectivity index (χ3v) is 5.00. The zero-order valence-corrected chi connectivity index (χ0v) is 16.8. The lowest BCUT2D eigenvalue weighted by Gasteiger charge is -2.16. The van der Waals surface area contributed by atoms with Crippen LogP contribution in [-0.2, 0) is 13.2 Å². The molecule has 1 amide bonds. The Balaban J connectivity index is 1.47. The normalized spacial score (nSPS) is 15.3. The summed E-state index contributed by atoms with van der Waals surface area (Å²) >= 11 is 0. The van der Waals surface area contributed by atoms with Crippen LogP contribution in [0.3, 0.4) is 0 Å². The van der Waals surface area contributed by atoms with E-state index in [1.807, 2.05) is 6.07 Å². The zero-order valence-electron chi connectivity index (χ0n) is 16.8. The molecule has 3 aromatic heterocycles. The molecular formula is C19H20F3N7O2. The van der Waals surface area contributed by atoms with Crippen LogP contribution in [0.1, 0.15) is 47.9 Å². The number of carbonyl (C=O) groups is 1. The Morgan fingerprint density at radius 2 is 2.00 bits per heavy atom. The van der Waals surface area contributed by atoms with Gasteiger partial charge in [-0.1, -0.05) is 5.16 Å². The molecule has 164 valence electrons. The van der Waals surface area contributed by atoms with Crippen LogP contribution in [0.4, 0.5) is 19.0 Å². The number of hydrogen-bond acceptors (Lipinski definition) is 7. The molecule has 0 unspecified atom stereocenters. The van der Waals surface area contributed by atoms with Crippen molar-refractivity contribution in [1.82, 2.24) is 30.2 Å². The number of aryl methyl sites for hydroxylation is 1. The lowest BCUT2D eigenvalue weighted by molar-refractivity contribution is -0.141. The molecule has 3 aromatic rings. The van der Waals surface area contributed by atoms with Crippen LogP contribution in [-0.4, -0.2) is 43.9 Å². The Morgan fingerprint density at radius 1 is 1.26 bits per heavy atom. The summed E-state index contributed by atoms with van der Waals surface area (Å²) in [6.07, 6.45) is -0.722. The number of halogens is 3. The van der Waals surface area contributed by atoms with Crippen LogP contribution >= 0.6 is 0 Å². The van der Waals surface area contributed by atoms with Crippen LogP contribution in [0.5, 0.6) is 0 Å². The first-order valence-electron chi connectivity index (χ1n) is 9.69. The second-order valence-corrected chi connectivity index (χ2v) is 7.28. The van der Waals surface area contributed by atoms with E-state index in [2.05, 4.69) is 30.4 Å². The molecule has 9 nitrogen and oxygen atoms in total. The molecule has 31 heavy (non-hydrogen) atoms. The van der Waals surface area contributed by atoms with Crippen molar-refractivity contribution in [2.75, 3.05) is 18.0 Å². The van der Waals surface area contributed by atoms with Crippen molar-refractivity contribution in [2.24, 2.45) is 7.05 Å². The highest BCUT2D eigenvalue weighted by Gasteiger charge is 2.35. The van der Waals surface area contributed by atoms with Gasteiger partial charge in [0.1, 0.15) is 17.6 Å². The van der Waals surface area contributed by atoms with Gasteiger partial charge in [-0.05, 0) is 31.9 Å². The Kier molecular flexibility index (Phi) is 5.38. The molecule has 0 bridgehead atoms. The highest BCUT2D eigenvalue weighted by atomic mass is 19.4. The number of rotatable bonds is 5. The van der Waals surface area contributed by atoms with Crippen LogP contribution in [0, 0.1) is 0 Å². The van der Waals surface area contributed by atoms with Crippen LogP contribution in [0.15, 0.2) is 28.9 Å². The maximum absolute atomic E-state index is 12.8. The van der Waals surface area contributed by atoms with Gasteiger partial charge < -0.3 is 14.7 Å². The van der Waals surface area contributed by atoms with E-state index in [4.69, 9.17) is 4.52 Å². The lowest BCUT2D eigenvalue weighted by Crippen LogP contribution is -2.28. The van der Waals surface area contributed by atoms with Gasteiger partial charge >= 0.3 is 6.18 Å². The third kappa shape index (κ3) is 4.37. The van der Waals surface area contributed by atoms with Gasteiger partial charge in [-0.3, -0.25) is 9.48 Å². The number of hydrogen-bond donors (Lipinski definition) is 1. The van der Waals surface area contributed by atoms with E-state index in [9.17, 15) is 18.0 Å². The SMILES string of the molecule is C[C@@H](NC(=O)c1cc(C(F)(F)F)nn1C)c1nc(-c2ccnc(N3CCCC3)c2)no1. The summed E-state index contributed by atoms with van der Waals surface area (Å²) in [6.45, 7) is 3.49. The number of carbonyl (C=O) groups excluding carboxylic acids is 1. The number of pyridine rings is 1. The first-order chi connectivity index (χ1) is 14.7. The summed E-state index contributed by atoms with van der Waals surface area (Å²) in [6, 6.07) is 3.60. The second kappa shape index (κ2) is 8.00. The number of anilines is 1. The minimum Gasteiger partial charge on any atom is -0.357 e. The molecule has 0 saturated carbocycles. The van der Waals surface area contributed by atoms with E-state index in [0.717, 1.165) is 36.4 Å². The van der Waals surface area contributed by atoms with E-state index in [1.165, 1.54) is 7.05 Å². The molecule has 12 heteroatoms. The first-order valence-corrected chi connectivity index (χ1v) is 9.69. The molecular weight excluding hydrogens is 415 g/mol. The van der Waals surface area contributed by atoms with E-state index < -0.39 is 23.8 Å². The van der Waals surface area contributed by atoms with Gasteiger partial charge in [-0.25, -0.2) is 4.98 Å². The molecule has 0 spiro atoms. The van der Waals surface area contributed by atoms with Gasteiger partial charge in [0.05, 0.1) is 0 Å². The first kappa shape index (κ1) is 20.8. The fourth-order valence-corrected chi connectivity index (χ4v) is 3.36. The van der Waals surface area contributed by atoms with Gasteiger partial charge in [0.15, 0.2) is 5.69 Å². The highest BCUT2D eigenvalue weighted by Crippen LogP contribution is 2.28. The molecule has 0 aromatic carbocycles. The number of amides is 1. The maximum atomic E-state index is 12.8. The molecule has 1 fully saturated rings. The Bertz CT molecular complexity index is 1090. The predicted octanol–water partition coefficient (Wildman–Crippen LogP) is 2.98. The van der Waals surface area contributed by atoms with Crippen molar-refractivity contribution >= 4 is 11.7 Å². The van der Waals surface area contributed by atoms with Gasteiger partial charge in [0, 0.05) is 38.0 Å². The van der Waals surface area contributed by atoms with Crippen molar-refractivity contribution < 1.29 is 22.5 Å². The number of alkyl halides is 3. The predicted molar refractivity (Wildman–Crippen MR) is 103 cm³/mol. The number of nitrogens with zero attached hydrogens (tertiary/aromatic N) is 6. The van der Waals surface area contributed by atoms with Crippen molar-refractivity contribution in [1.29, 1.82) is 0 Å². The molecule has 4 heterocycles. The van der Waals surface area contributed by atoms with Crippen LogP contribution in [0.2, 0.25) is 0 Å². The summed E-state index contributed by atoms with van der Waals surface area (Å²) in [5, 5.41) is 9.85. The minimum atomic E-state index is -4.64. The molecule has 0 aliphatic carbocycles. The number of aromatic nitrogens is 5. The monoisotopic (exact) mass is 435 g/mol. The molecule has 1 saturated heterocycles. The van der Waals surface area contributed by atoms with Gasteiger partial charge in [-0.2, -0.15) is 23.3 Å². The minimum absolute atomic E-state index is 0.126. The van der Waals surface area contributed by atoms with Gasteiger partial charge in [0.25, 0.3) is 5.91 Å². The lowest BCUT2D eigenvalue weighted by atomic mass is 10.2. The summed E-state index contributed by atoms with van der Waals surface area (Å²) in [5.41, 5.74) is -0.658. The summed E-state index contributed by atoms with van der Waals surface area (Å²) in [7, 11) is 1.26. The average molecular weight is 435 g/mol. The van der Waals surface area contributed by atoms with E-state index >= 15 is 0 Å². The van der Waals surface area contributed by atoms with Crippen molar-refractivity contribution in [2.45, 2.75) is 32.0 Å². The largest absolute Gasteiger partial charge is 0.435 e. The molecule has 0 radical (unpaired) electrons. The van der Waals surface area contributed by atoms with Crippen molar-refractivity contribution in [3.05, 3.63) is 41.7 Å². The summed E-state index contributed by atoms with van der Waals surface area (Å²) in [4.78, 5) is 23.3. The Labute approximate surface area is 175 Å². The molecule has 1 atom stereocenters. The fraction of sp³-hybridized carbons (Fsp3) is 0.421. The average Bonchev–Trinajstić information content (AvgIpc) is 3.47. The van der Waals surface area contributed by atoms with Crippen LogP contribution < -0.4 is 10.2 Å². The van der Waals surface area contributed by atoms with Crippen LogP contribution in [0.25, 0.3) is 11.4 Å². The molecule has 1 aliphatic rings. The van der Waals surface area contributed by atoms with Gasteiger partial charge in [-0.15, -0.1) is 0 Å². The second-order valence-electron chi connectivity index (χ2n) is 7.28. The van der Waals surface area contributed by atoms with Crippen molar-refractivity contribution in [3.63, 3.8) is 0 Å². The van der Waals surface area contributed by atoms with E-state index in [-0.39, 0.29) is 11.6 Å². The number of nitrogens with one attached hydrogen (secondary N) is 1. The summed E-state index contributed by atoms with van der Waals surface area (Å²) < 4.78 is 44.6. The highest BCUT2D eigenvalue weighted by molar-refractivity contribution is 5.92. The third-order valence-electron chi connectivity index (χ3n) is 5.00. The maximum Gasteiger partial charge on any atom is 0.435 e. The van der Waals surface area contributed by atoms with E-state index in [0.29, 0.717) is 17.5 Å². The van der Waals surface area contributed by atoms with E-state index in [1.54, 1.807) is 19.2 Å². The molecule has 1 aliphatic heterocycles. The summed E-state index contributed by atoms with van der Waals surface area (Å²) in [5.74, 6) is 0.553. The Morgan fingerprint density at radius 3 is 2.68 bits per heavy atom. The topological polar surface area (TPSA) is 102 Å². The van der Waals surface area contributed by atoms with Crippen molar-refractivity contribution in [3.8, 4) is 11.4 Å². The molecule has 4 rings (SSSR count). The quantitative estimate of drug-likeness (QED) is 0.657. The van der Waals surface area contributed by atoms with Gasteiger partial charge in [0.2, 0.25) is 11.7 Å². The molecule has 1 N–H and O–H groups in total. The standard InChI is InChI=1S/C19H20F3N7O2/c1-11(24-17(30)13-10-14(19(20,21)22)26-28(13)2)18-25-16(27-31-18)12-5-6-23-15(9-12)29-7-3-4-8-29/h5-6,9-11H,3-4,7-8H2,1-2H3,(H,24,30)/t11-/m1/s1. The fourth-order valence-electron chi connectivity index (χ4n) is 3.36. The Hall–Kier alpha value is -3.44. The zero-order chi connectivity index (χ0) is 22.2.